The molecule has 0 fully saturated rings. The maximum atomic E-state index is 13.1. The number of halogens is 2. The highest BCUT2D eigenvalue weighted by atomic mass is 79.9. The first-order valence-electron chi connectivity index (χ1n) is 10.4. The van der Waals surface area contributed by atoms with E-state index in [1.165, 1.54) is 4.68 Å². The molecule has 4 rings (SSSR count). The second-order valence-electron chi connectivity index (χ2n) is 7.61. The maximum Gasteiger partial charge on any atom is 0.328 e. The van der Waals surface area contributed by atoms with Crippen molar-refractivity contribution in [2.75, 3.05) is 23.2 Å². The Morgan fingerprint density at radius 2 is 1.60 bits per heavy atom. The molecule has 0 radical (unpaired) electrons. The predicted molar refractivity (Wildman–Crippen MR) is 140 cm³/mol. The van der Waals surface area contributed by atoms with Crippen LogP contribution in [0.3, 0.4) is 0 Å². The van der Waals surface area contributed by atoms with Crippen LogP contribution >= 0.6 is 27.5 Å². The SMILES string of the molecule is COc1ccc(NC(=O)c2cc3cc(Br)ccc3n2NC(=O)C(=O)Nc2ccc(C)c(Cl)c2)cc1. The lowest BCUT2D eigenvalue weighted by molar-refractivity contribution is -0.133. The highest BCUT2D eigenvalue weighted by molar-refractivity contribution is 9.10. The maximum absolute atomic E-state index is 13.1. The van der Waals surface area contributed by atoms with Gasteiger partial charge in [0, 0.05) is 26.3 Å². The molecule has 0 aliphatic rings. The van der Waals surface area contributed by atoms with Crippen LogP contribution in [0.5, 0.6) is 5.75 Å². The van der Waals surface area contributed by atoms with Gasteiger partial charge in [-0.1, -0.05) is 33.6 Å². The molecule has 0 aliphatic heterocycles. The summed E-state index contributed by atoms with van der Waals surface area (Å²) in [5.74, 6) is -1.70. The zero-order valence-corrected chi connectivity index (χ0v) is 21.0. The van der Waals surface area contributed by atoms with Crippen molar-refractivity contribution in [1.29, 1.82) is 0 Å². The summed E-state index contributed by atoms with van der Waals surface area (Å²) in [6.07, 6.45) is 0. The normalized spacial score (nSPS) is 10.6. The minimum Gasteiger partial charge on any atom is -0.497 e. The molecule has 0 aliphatic carbocycles. The monoisotopic (exact) mass is 554 g/mol. The number of anilines is 2. The van der Waals surface area contributed by atoms with E-state index >= 15 is 0 Å². The predicted octanol–water partition coefficient (Wildman–Crippen LogP) is 5.34. The fourth-order valence-corrected chi connectivity index (χ4v) is 3.91. The van der Waals surface area contributed by atoms with E-state index in [-0.39, 0.29) is 5.69 Å². The Hall–Kier alpha value is -3.82. The van der Waals surface area contributed by atoms with Gasteiger partial charge < -0.3 is 15.4 Å². The van der Waals surface area contributed by atoms with Gasteiger partial charge in [-0.2, -0.15) is 0 Å². The summed E-state index contributed by atoms with van der Waals surface area (Å²) in [5, 5.41) is 6.44. The van der Waals surface area contributed by atoms with E-state index in [0.717, 1.165) is 10.0 Å². The van der Waals surface area contributed by atoms with E-state index in [4.69, 9.17) is 16.3 Å². The average Bonchev–Trinajstić information content (AvgIpc) is 3.19. The van der Waals surface area contributed by atoms with Crippen LogP contribution in [0.4, 0.5) is 11.4 Å². The van der Waals surface area contributed by atoms with Gasteiger partial charge in [0.15, 0.2) is 0 Å². The molecule has 178 valence electrons. The molecule has 3 N–H and O–H groups in total. The average molecular weight is 556 g/mol. The standard InChI is InChI=1S/C25H20BrClN4O4/c1-14-3-5-18(13-20(14)27)29-24(33)25(34)30-31-21-10-4-16(26)11-15(21)12-22(31)23(32)28-17-6-8-19(35-2)9-7-17/h3-13H,1-2H3,(H,28,32)(H,29,33)(H,30,34). The molecule has 4 aromatic rings. The van der Waals surface area contributed by atoms with Gasteiger partial charge in [0.25, 0.3) is 5.91 Å². The quantitative estimate of drug-likeness (QED) is 0.290. The Bertz CT molecular complexity index is 1450. The van der Waals surface area contributed by atoms with E-state index in [1.807, 2.05) is 6.92 Å². The van der Waals surface area contributed by atoms with Crippen molar-refractivity contribution in [2.24, 2.45) is 0 Å². The van der Waals surface area contributed by atoms with Crippen LogP contribution < -0.4 is 20.8 Å². The Balaban J connectivity index is 1.60. The van der Waals surface area contributed by atoms with Gasteiger partial charge in [0.05, 0.1) is 12.6 Å². The number of aryl methyl sites for hydroxylation is 1. The van der Waals surface area contributed by atoms with E-state index < -0.39 is 17.7 Å². The molecule has 0 unspecified atom stereocenters. The van der Waals surface area contributed by atoms with E-state index in [9.17, 15) is 14.4 Å². The number of amides is 3. The van der Waals surface area contributed by atoms with Gasteiger partial charge in [0.2, 0.25) is 0 Å². The summed E-state index contributed by atoms with van der Waals surface area (Å²) in [7, 11) is 1.55. The fourth-order valence-electron chi connectivity index (χ4n) is 3.35. The first kappa shape index (κ1) is 24.3. The van der Waals surface area contributed by atoms with Gasteiger partial charge in [-0.25, -0.2) is 4.68 Å². The minimum absolute atomic E-state index is 0.133. The number of rotatable bonds is 5. The molecule has 35 heavy (non-hydrogen) atoms. The van der Waals surface area contributed by atoms with Gasteiger partial charge in [-0.05, 0) is 73.2 Å². The number of hydrogen-bond acceptors (Lipinski definition) is 4. The van der Waals surface area contributed by atoms with Crippen molar-refractivity contribution in [3.63, 3.8) is 0 Å². The molecule has 1 heterocycles. The Morgan fingerprint density at radius 1 is 0.886 bits per heavy atom. The molecule has 0 saturated carbocycles. The molecule has 3 amide bonds. The van der Waals surface area contributed by atoms with Crippen LogP contribution in [0.2, 0.25) is 5.02 Å². The lowest BCUT2D eigenvalue weighted by atomic mass is 10.2. The largest absolute Gasteiger partial charge is 0.497 e. The number of ether oxygens (including phenoxy) is 1. The molecule has 0 atom stereocenters. The second-order valence-corrected chi connectivity index (χ2v) is 8.93. The summed E-state index contributed by atoms with van der Waals surface area (Å²) in [6, 6.07) is 18.7. The number of fused-ring (bicyclic) bond motifs is 1. The molecule has 3 aromatic carbocycles. The number of hydrogen-bond donors (Lipinski definition) is 3. The summed E-state index contributed by atoms with van der Waals surface area (Å²) in [5.41, 5.74) is 4.94. The van der Waals surface area contributed by atoms with Crippen molar-refractivity contribution in [2.45, 2.75) is 6.92 Å². The minimum atomic E-state index is -0.958. The first-order valence-corrected chi connectivity index (χ1v) is 11.6. The van der Waals surface area contributed by atoms with Crippen molar-refractivity contribution >= 4 is 67.5 Å². The molecule has 10 heteroatoms. The number of methoxy groups -OCH3 is 1. The second kappa shape index (κ2) is 10.2. The fraction of sp³-hybridized carbons (Fsp3) is 0.0800. The highest BCUT2D eigenvalue weighted by Crippen LogP contribution is 2.25. The highest BCUT2D eigenvalue weighted by Gasteiger charge is 2.21. The Kier molecular flexibility index (Phi) is 7.09. The number of aromatic nitrogens is 1. The molecule has 0 bridgehead atoms. The Morgan fingerprint density at radius 3 is 2.29 bits per heavy atom. The zero-order valence-electron chi connectivity index (χ0n) is 18.7. The van der Waals surface area contributed by atoms with Crippen LogP contribution in [-0.2, 0) is 9.59 Å². The zero-order chi connectivity index (χ0) is 25.1. The lowest BCUT2D eigenvalue weighted by Crippen LogP contribution is -2.36. The van der Waals surface area contributed by atoms with Crippen molar-refractivity contribution < 1.29 is 19.1 Å². The van der Waals surface area contributed by atoms with Crippen LogP contribution in [0, 0.1) is 6.92 Å². The van der Waals surface area contributed by atoms with Crippen LogP contribution in [-0.4, -0.2) is 29.5 Å². The van der Waals surface area contributed by atoms with Gasteiger partial charge >= 0.3 is 11.8 Å². The number of benzene rings is 3. The summed E-state index contributed by atoms with van der Waals surface area (Å²) >= 11 is 9.51. The third-order valence-corrected chi connectivity index (χ3v) is 6.09. The first-order chi connectivity index (χ1) is 16.7. The van der Waals surface area contributed by atoms with Crippen molar-refractivity contribution in [3.05, 3.63) is 87.5 Å². The van der Waals surface area contributed by atoms with E-state index in [1.54, 1.807) is 73.8 Å². The molecular formula is C25H20BrClN4O4. The summed E-state index contributed by atoms with van der Waals surface area (Å²) in [4.78, 5) is 38.4. The van der Waals surface area contributed by atoms with Gasteiger partial charge in [-0.3, -0.25) is 19.8 Å². The number of carbonyl (C=O) groups excluding carboxylic acids is 3. The summed E-state index contributed by atoms with van der Waals surface area (Å²) < 4.78 is 7.21. The molecule has 0 spiro atoms. The molecule has 0 saturated heterocycles. The van der Waals surface area contributed by atoms with Crippen LogP contribution in [0.1, 0.15) is 16.1 Å². The topological polar surface area (TPSA) is 101 Å². The third-order valence-electron chi connectivity index (χ3n) is 5.19. The van der Waals surface area contributed by atoms with Crippen LogP contribution in [0.25, 0.3) is 10.9 Å². The number of nitrogens with one attached hydrogen (secondary N) is 3. The van der Waals surface area contributed by atoms with Crippen molar-refractivity contribution in [1.82, 2.24) is 4.68 Å². The number of carbonyl (C=O) groups is 3. The molecular weight excluding hydrogens is 536 g/mol. The third kappa shape index (κ3) is 5.47. The van der Waals surface area contributed by atoms with Crippen LogP contribution in [0.15, 0.2) is 71.2 Å². The van der Waals surface area contributed by atoms with E-state index in [2.05, 4.69) is 32.0 Å². The Labute approximate surface area is 214 Å². The molecule has 8 nitrogen and oxygen atoms in total. The smallest absolute Gasteiger partial charge is 0.328 e. The molecule has 1 aromatic heterocycles. The van der Waals surface area contributed by atoms with Gasteiger partial charge in [-0.15, -0.1) is 0 Å². The summed E-state index contributed by atoms with van der Waals surface area (Å²) in [6.45, 7) is 1.83. The number of nitrogens with zero attached hydrogens (tertiary/aromatic N) is 1. The van der Waals surface area contributed by atoms with Gasteiger partial charge in [0.1, 0.15) is 11.4 Å². The lowest BCUT2D eigenvalue weighted by Gasteiger charge is -2.13. The van der Waals surface area contributed by atoms with E-state index in [0.29, 0.717) is 33.0 Å². The van der Waals surface area contributed by atoms with Crippen molar-refractivity contribution in [3.8, 4) is 5.75 Å².